The second-order valence-electron chi connectivity index (χ2n) is 16.1. The number of rotatable bonds is 8. The van der Waals surface area contributed by atoms with Crippen LogP contribution in [0.25, 0.3) is 136 Å². The van der Waals surface area contributed by atoms with E-state index in [1.54, 1.807) is 0 Å². The first-order valence-corrected chi connectivity index (χ1v) is 21.8. The lowest BCUT2D eigenvalue weighted by atomic mass is 9.78. The van der Waals surface area contributed by atoms with Gasteiger partial charge in [-0.3, -0.25) is 0 Å². The summed E-state index contributed by atoms with van der Waals surface area (Å²) in [6, 6.07) is 63.7. The molecule has 0 saturated heterocycles. The molecule has 68 heavy (non-hydrogen) atoms. The van der Waals surface area contributed by atoms with Crippen molar-refractivity contribution in [2.75, 3.05) is 0 Å². The smallest absolute Gasteiger partial charge is 0.248 e. The van der Waals surface area contributed by atoms with Crippen molar-refractivity contribution >= 4 is 0 Å². The lowest BCUT2D eigenvalue weighted by Crippen LogP contribution is -2.00. The van der Waals surface area contributed by atoms with Crippen LogP contribution in [-0.2, 0) is 0 Å². The predicted octanol–water partition coefficient (Wildman–Crippen LogP) is 13.5. The van der Waals surface area contributed by atoms with Crippen LogP contribution in [0.1, 0.15) is 0 Å². The molecule has 12 heteroatoms. The molecule has 8 aromatic carbocycles. The van der Waals surface area contributed by atoms with Crippen molar-refractivity contribution in [3.63, 3.8) is 0 Å². The molecule has 0 amide bonds. The lowest BCUT2D eigenvalue weighted by Gasteiger charge is -2.25. The molecule has 0 unspecified atom stereocenters. The average Bonchev–Trinajstić information content (AvgIpc) is 4.28. The van der Waals surface area contributed by atoms with Crippen LogP contribution in [0.3, 0.4) is 0 Å². The van der Waals surface area contributed by atoms with E-state index in [-0.39, 0.29) is 0 Å². The van der Waals surface area contributed by atoms with Crippen LogP contribution in [0.5, 0.6) is 0 Å². The molecule has 0 aliphatic heterocycles. The van der Waals surface area contributed by atoms with Crippen molar-refractivity contribution in [2.45, 2.75) is 0 Å². The van der Waals surface area contributed by atoms with Gasteiger partial charge < -0.3 is 17.7 Å². The Kier molecular flexibility index (Phi) is 9.17. The van der Waals surface area contributed by atoms with E-state index < -0.39 is 0 Å². The average molecular weight is 881 g/mol. The van der Waals surface area contributed by atoms with E-state index in [0.717, 1.165) is 66.8 Å². The van der Waals surface area contributed by atoms with Gasteiger partial charge in [0.1, 0.15) is 0 Å². The highest BCUT2D eigenvalue weighted by molar-refractivity contribution is 6.07. The molecule has 0 bridgehead atoms. The van der Waals surface area contributed by atoms with Gasteiger partial charge in [-0.25, -0.2) is 0 Å². The lowest BCUT2D eigenvalue weighted by molar-refractivity contribution is 0.577. The molecule has 0 saturated carbocycles. The Labute approximate surface area is 387 Å². The molecule has 0 atom stereocenters. The summed E-state index contributed by atoms with van der Waals surface area (Å²) in [5, 5.41) is 36.5. The molecule has 1 aliphatic carbocycles. The Hall–Kier alpha value is -9.68. The molecule has 0 fully saturated rings. The van der Waals surface area contributed by atoms with Gasteiger partial charge in [0.2, 0.25) is 47.1 Å². The normalized spacial score (nSPS) is 11.5. The molecule has 1 aliphatic rings. The minimum atomic E-state index is 0.293. The van der Waals surface area contributed by atoms with Crippen molar-refractivity contribution in [3.05, 3.63) is 194 Å². The fourth-order valence-electron chi connectivity index (χ4n) is 8.82. The van der Waals surface area contributed by atoms with Crippen molar-refractivity contribution in [2.24, 2.45) is 0 Å². The first kappa shape index (κ1) is 38.8. The quantitative estimate of drug-likeness (QED) is 0.143. The Morgan fingerprint density at radius 2 is 0.368 bits per heavy atom. The van der Waals surface area contributed by atoms with Gasteiger partial charge in [0.25, 0.3) is 0 Å². The van der Waals surface area contributed by atoms with Crippen molar-refractivity contribution in [1.82, 2.24) is 40.8 Å². The van der Waals surface area contributed by atoms with Crippen LogP contribution < -0.4 is 0 Å². The molecule has 4 aromatic heterocycles. The molecule has 12 nitrogen and oxygen atoms in total. The zero-order valence-electron chi connectivity index (χ0n) is 35.7. The fourth-order valence-corrected chi connectivity index (χ4v) is 8.82. The van der Waals surface area contributed by atoms with Gasteiger partial charge in [-0.15, -0.1) is 40.8 Å². The maximum Gasteiger partial charge on any atom is 0.248 e. The third kappa shape index (κ3) is 6.71. The second-order valence-corrected chi connectivity index (χ2v) is 16.1. The van der Waals surface area contributed by atoms with Gasteiger partial charge in [0.05, 0.1) is 22.3 Å². The molecule has 4 heterocycles. The van der Waals surface area contributed by atoms with Gasteiger partial charge >= 0.3 is 0 Å². The third-order valence-electron chi connectivity index (χ3n) is 12.0. The topological polar surface area (TPSA) is 156 Å². The predicted molar refractivity (Wildman–Crippen MR) is 257 cm³/mol. The van der Waals surface area contributed by atoms with Crippen LogP contribution in [0.2, 0.25) is 0 Å². The Morgan fingerprint density at radius 3 is 0.588 bits per heavy atom. The van der Waals surface area contributed by atoms with E-state index in [9.17, 15) is 0 Å². The number of hydrogen-bond acceptors (Lipinski definition) is 12. The number of benzene rings is 8. The summed E-state index contributed by atoms with van der Waals surface area (Å²) >= 11 is 0. The largest absolute Gasteiger partial charge is 0.416 e. The van der Waals surface area contributed by atoms with Crippen LogP contribution in [0.15, 0.2) is 212 Å². The molecule has 12 aromatic rings. The highest BCUT2D eigenvalue weighted by Gasteiger charge is 2.30. The van der Waals surface area contributed by atoms with Crippen LogP contribution in [0.4, 0.5) is 0 Å². The third-order valence-corrected chi connectivity index (χ3v) is 12.0. The summed E-state index contributed by atoms with van der Waals surface area (Å²) in [6.45, 7) is 0. The summed E-state index contributed by atoms with van der Waals surface area (Å²) in [6.07, 6.45) is 0. The first-order chi connectivity index (χ1) is 33.7. The minimum Gasteiger partial charge on any atom is -0.416 e. The summed E-state index contributed by atoms with van der Waals surface area (Å²) in [4.78, 5) is 0. The zero-order chi connectivity index (χ0) is 45.0. The fraction of sp³-hybridized carbons (Fsp3) is 0. The Morgan fingerprint density at radius 1 is 0.176 bits per heavy atom. The van der Waals surface area contributed by atoms with E-state index in [1.807, 2.05) is 146 Å². The summed E-state index contributed by atoms with van der Waals surface area (Å²) < 4.78 is 26.0. The summed E-state index contributed by atoms with van der Waals surface area (Å²) in [5.74, 6) is 2.69. The molecular weight excluding hydrogens is 849 g/mol. The second kappa shape index (κ2) is 16.1. The van der Waals surface area contributed by atoms with Crippen LogP contribution in [-0.4, -0.2) is 40.8 Å². The highest BCUT2D eigenvalue weighted by atomic mass is 16.4. The van der Waals surface area contributed by atoms with Crippen LogP contribution >= 0.6 is 0 Å². The SMILES string of the molecule is c1ccc(-c2nnc(-c3cc4c(cc3-c3nnc(-c5ccccc5)o3)-c3ccccc3-c3cc(-c5nnc(-c6ccccc6)o5)c(-c5nnc(-c6ccccc6)o5)cc3-c3ccccc3-4)o2)cc1. The molecule has 0 spiro atoms. The van der Waals surface area contributed by atoms with Crippen molar-refractivity contribution in [1.29, 1.82) is 0 Å². The van der Waals surface area contributed by atoms with Gasteiger partial charge in [0, 0.05) is 22.3 Å². The molecule has 0 N–H and O–H groups in total. The molecule has 320 valence electrons. The van der Waals surface area contributed by atoms with Crippen molar-refractivity contribution < 1.29 is 17.7 Å². The number of nitrogens with zero attached hydrogens (tertiary/aromatic N) is 8. The monoisotopic (exact) mass is 880 g/mol. The summed E-state index contributed by atoms with van der Waals surface area (Å²) in [7, 11) is 0. The van der Waals surface area contributed by atoms with Gasteiger partial charge in [-0.2, -0.15) is 0 Å². The maximum atomic E-state index is 6.50. The van der Waals surface area contributed by atoms with Gasteiger partial charge in [-0.05, 0) is 117 Å². The van der Waals surface area contributed by atoms with Crippen LogP contribution in [0, 0.1) is 0 Å². The Bertz CT molecular complexity index is 3310. The summed E-state index contributed by atoms with van der Waals surface area (Å²) in [5.41, 5.74) is 13.1. The standard InChI is InChI=1S/C56H32N8O4/c1-5-17-33(18-6-1)49-57-61-53(65-49)45-29-41-37-25-13-14-26-38(37)43-31-47(55-63-59-51(67-55)35-21-9-3-10-22-35)48(56-64-60-52(68-56)36-23-11-4-12-24-36)32-44(43)40-28-16-15-27-39(40)42(41)30-46(45)54-62-58-50(66-54)34-19-7-2-8-20-34/h1-32H. The van der Waals surface area contributed by atoms with E-state index in [2.05, 4.69) is 89.3 Å². The minimum absolute atomic E-state index is 0.293. The molecule has 0 radical (unpaired) electrons. The zero-order valence-corrected chi connectivity index (χ0v) is 35.7. The van der Waals surface area contributed by atoms with Gasteiger partial charge in [0.15, 0.2) is 0 Å². The number of hydrogen-bond donors (Lipinski definition) is 0. The highest BCUT2D eigenvalue weighted by Crippen LogP contribution is 2.52. The van der Waals surface area contributed by atoms with E-state index in [4.69, 9.17) is 17.7 Å². The Balaban J connectivity index is 1.06. The van der Waals surface area contributed by atoms with E-state index in [1.165, 1.54) is 0 Å². The number of fused-ring (bicyclic) bond motifs is 8. The number of aromatic nitrogens is 8. The van der Waals surface area contributed by atoms with E-state index >= 15 is 0 Å². The van der Waals surface area contributed by atoms with E-state index in [0.29, 0.717) is 69.4 Å². The maximum absolute atomic E-state index is 6.50. The molecule has 13 rings (SSSR count). The molecular formula is C56H32N8O4. The first-order valence-electron chi connectivity index (χ1n) is 21.8. The van der Waals surface area contributed by atoms with Crippen molar-refractivity contribution in [3.8, 4) is 136 Å². The van der Waals surface area contributed by atoms with Gasteiger partial charge in [-0.1, -0.05) is 121 Å².